The Hall–Kier alpha value is -3.34. The summed E-state index contributed by atoms with van der Waals surface area (Å²) in [4.78, 5) is 23.6. The number of hydrogen-bond donors (Lipinski definition) is 2. The summed E-state index contributed by atoms with van der Waals surface area (Å²) in [7, 11) is 0. The fourth-order valence-electron chi connectivity index (χ4n) is 2.93. The Morgan fingerprint density at radius 3 is 2.38 bits per heavy atom. The van der Waals surface area contributed by atoms with Crippen LogP contribution in [0.15, 0.2) is 53.7 Å². The van der Waals surface area contributed by atoms with Crippen LogP contribution in [-0.4, -0.2) is 32.3 Å². The number of halogens is 3. The van der Waals surface area contributed by atoms with Gasteiger partial charge >= 0.3 is 6.18 Å². The van der Waals surface area contributed by atoms with E-state index < -0.39 is 17.6 Å². The van der Waals surface area contributed by atoms with Crippen LogP contribution in [0.5, 0.6) is 0 Å². The monoisotopic (exact) mass is 463 g/mol. The Labute approximate surface area is 186 Å². The van der Waals surface area contributed by atoms with Crippen LogP contribution < -0.4 is 10.6 Å². The Kier molecular flexibility index (Phi) is 7.18. The molecule has 168 valence electrons. The van der Waals surface area contributed by atoms with Gasteiger partial charge in [-0.05, 0) is 37.3 Å². The second-order valence-corrected chi connectivity index (χ2v) is 7.67. The number of nitrogens with one attached hydrogen (secondary N) is 2. The first-order chi connectivity index (χ1) is 15.2. The molecule has 1 aromatic heterocycles. The van der Waals surface area contributed by atoms with Crippen LogP contribution in [0.1, 0.15) is 19.4 Å². The summed E-state index contributed by atoms with van der Waals surface area (Å²) < 4.78 is 40.3. The van der Waals surface area contributed by atoms with Crippen LogP contribution in [0, 0.1) is 0 Å². The lowest BCUT2D eigenvalue weighted by molar-refractivity contribution is -0.137. The highest BCUT2D eigenvalue weighted by atomic mass is 32.2. The number of hydrogen-bond acceptors (Lipinski definition) is 5. The lowest BCUT2D eigenvalue weighted by atomic mass is 10.2. The molecule has 0 bridgehead atoms. The number of alkyl halides is 3. The number of carbonyl (C=O) groups is 2. The van der Waals surface area contributed by atoms with Crippen molar-refractivity contribution in [2.45, 2.75) is 31.7 Å². The van der Waals surface area contributed by atoms with Crippen molar-refractivity contribution in [3.05, 3.63) is 54.1 Å². The number of nitrogens with zero attached hydrogens (tertiary/aromatic N) is 3. The molecule has 3 aromatic rings. The van der Waals surface area contributed by atoms with E-state index >= 15 is 0 Å². The third kappa shape index (κ3) is 5.88. The van der Waals surface area contributed by atoms with Crippen LogP contribution in [0.2, 0.25) is 0 Å². The van der Waals surface area contributed by atoms with Crippen molar-refractivity contribution in [3.63, 3.8) is 0 Å². The van der Waals surface area contributed by atoms with E-state index in [1.807, 2.05) is 17.6 Å². The summed E-state index contributed by atoms with van der Waals surface area (Å²) >= 11 is 1.12. The molecule has 2 aromatic carbocycles. The Balaban J connectivity index is 1.70. The molecule has 7 nitrogen and oxygen atoms in total. The van der Waals surface area contributed by atoms with Gasteiger partial charge in [0.15, 0.2) is 11.0 Å². The number of rotatable bonds is 7. The van der Waals surface area contributed by atoms with Crippen LogP contribution in [0.25, 0.3) is 11.4 Å². The van der Waals surface area contributed by atoms with Crippen LogP contribution >= 0.6 is 11.8 Å². The van der Waals surface area contributed by atoms with Crippen molar-refractivity contribution < 1.29 is 22.8 Å². The lowest BCUT2D eigenvalue weighted by Crippen LogP contribution is -2.15. The van der Waals surface area contributed by atoms with Gasteiger partial charge in [0.25, 0.3) is 0 Å². The Morgan fingerprint density at radius 1 is 1.03 bits per heavy atom. The van der Waals surface area contributed by atoms with Crippen molar-refractivity contribution in [3.8, 4) is 11.4 Å². The molecule has 0 saturated carbocycles. The van der Waals surface area contributed by atoms with E-state index in [1.54, 1.807) is 18.2 Å². The number of amides is 2. The smallest absolute Gasteiger partial charge is 0.326 e. The molecule has 0 radical (unpaired) electrons. The maximum Gasteiger partial charge on any atom is 0.416 e. The first kappa shape index (κ1) is 23.3. The average Bonchev–Trinajstić information content (AvgIpc) is 3.14. The second kappa shape index (κ2) is 9.86. The van der Waals surface area contributed by atoms with Crippen LogP contribution in [-0.2, 0) is 22.3 Å². The van der Waals surface area contributed by atoms with Gasteiger partial charge in [0.2, 0.25) is 11.8 Å². The molecule has 11 heteroatoms. The Morgan fingerprint density at radius 2 is 1.72 bits per heavy atom. The van der Waals surface area contributed by atoms with E-state index in [-0.39, 0.29) is 17.3 Å². The Bertz CT molecular complexity index is 1130. The van der Waals surface area contributed by atoms with Crippen molar-refractivity contribution in [1.82, 2.24) is 14.8 Å². The molecule has 2 N–H and O–H groups in total. The van der Waals surface area contributed by atoms with Crippen LogP contribution in [0.4, 0.5) is 24.5 Å². The molecule has 32 heavy (non-hydrogen) atoms. The largest absolute Gasteiger partial charge is 0.416 e. The minimum absolute atomic E-state index is 0.0552. The molecule has 0 saturated heterocycles. The highest BCUT2D eigenvalue weighted by molar-refractivity contribution is 7.99. The molecule has 0 aliphatic carbocycles. The maximum absolute atomic E-state index is 12.8. The van der Waals surface area contributed by atoms with Gasteiger partial charge in [-0.15, -0.1) is 10.2 Å². The molecule has 0 unspecified atom stereocenters. The summed E-state index contributed by atoms with van der Waals surface area (Å²) in [6, 6.07) is 11.6. The topological polar surface area (TPSA) is 88.9 Å². The van der Waals surface area contributed by atoms with E-state index in [0.29, 0.717) is 23.2 Å². The summed E-state index contributed by atoms with van der Waals surface area (Å²) in [5.74, 6) is -0.142. The van der Waals surface area contributed by atoms with Gasteiger partial charge < -0.3 is 15.2 Å². The standard InChI is InChI=1S/C21H20F3N5O2S/c1-3-29-19(14-6-4-8-16(10-14)25-13(2)30)27-28-20(29)32-12-18(31)26-17-9-5-7-15(11-17)21(22,23)24/h4-11H,3,12H2,1-2H3,(H,25,30)(H,26,31). The first-order valence-electron chi connectivity index (χ1n) is 9.58. The molecule has 1 heterocycles. The van der Waals surface area contributed by atoms with Crippen molar-refractivity contribution >= 4 is 35.0 Å². The first-order valence-corrected chi connectivity index (χ1v) is 10.6. The quantitative estimate of drug-likeness (QED) is 0.497. The van der Waals surface area contributed by atoms with Gasteiger partial charge in [-0.25, -0.2) is 0 Å². The molecule has 3 rings (SSSR count). The maximum atomic E-state index is 12.8. The number of thioether (sulfide) groups is 1. The van der Waals surface area contributed by atoms with Crippen LogP contribution in [0.3, 0.4) is 0 Å². The average molecular weight is 463 g/mol. The van der Waals surface area contributed by atoms with Crippen molar-refractivity contribution in [1.29, 1.82) is 0 Å². The third-order valence-corrected chi connectivity index (χ3v) is 5.25. The normalized spacial score (nSPS) is 11.3. The van der Waals surface area contributed by atoms with E-state index in [2.05, 4.69) is 20.8 Å². The third-order valence-electron chi connectivity index (χ3n) is 4.28. The molecule has 0 fully saturated rings. The zero-order chi connectivity index (χ0) is 23.3. The van der Waals surface area contributed by atoms with Crippen molar-refractivity contribution in [2.75, 3.05) is 16.4 Å². The highest BCUT2D eigenvalue weighted by Crippen LogP contribution is 2.31. The predicted octanol–water partition coefficient (Wildman–Crippen LogP) is 4.67. The van der Waals surface area contributed by atoms with Gasteiger partial charge in [0.1, 0.15) is 0 Å². The minimum Gasteiger partial charge on any atom is -0.326 e. The zero-order valence-electron chi connectivity index (χ0n) is 17.2. The number of carbonyl (C=O) groups excluding carboxylic acids is 2. The SMILES string of the molecule is CCn1c(SCC(=O)Nc2cccc(C(F)(F)F)c2)nnc1-c1cccc(NC(C)=O)c1. The summed E-state index contributed by atoms with van der Waals surface area (Å²) in [6.45, 7) is 3.85. The molecule has 0 aliphatic rings. The fraction of sp³-hybridized carbons (Fsp3) is 0.238. The molecule has 2 amide bonds. The molecule has 0 aliphatic heterocycles. The summed E-state index contributed by atoms with van der Waals surface area (Å²) in [6.07, 6.45) is -4.49. The number of aromatic nitrogens is 3. The number of benzene rings is 2. The van der Waals surface area contributed by atoms with E-state index in [9.17, 15) is 22.8 Å². The zero-order valence-corrected chi connectivity index (χ0v) is 18.0. The highest BCUT2D eigenvalue weighted by Gasteiger charge is 2.30. The fourth-order valence-corrected chi connectivity index (χ4v) is 3.74. The summed E-state index contributed by atoms with van der Waals surface area (Å²) in [5.41, 5.74) is 0.596. The molecule has 0 spiro atoms. The van der Waals surface area contributed by atoms with Crippen molar-refractivity contribution in [2.24, 2.45) is 0 Å². The van der Waals surface area contributed by atoms with E-state index in [1.165, 1.54) is 19.1 Å². The molecular formula is C21H20F3N5O2S. The van der Waals surface area contributed by atoms with Gasteiger partial charge in [0, 0.05) is 30.4 Å². The predicted molar refractivity (Wildman–Crippen MR) is 116 cm³/mol. The minimum atomic E-state index is -4.49. The van der Waals surface area contributed by atoms with Gasteiger partial charge in [-0.3, -0.25) is 9.59 Å². The molecule has 0 atom stereocenters. The van der Waals surface area contributed by atoms with E-state index in [0.717, 1.165) is 29.5 Å². The second-order valence-electron chi connectivity index (χ2n) is 6.73. The lowest BCUT2D eigenvalue weighted by Gasteiger charge is -2.10. The summed E-state index contributed by atoms with van der Waals surface area (Å²) in [5, 5.41) is 14.0. The van der Waals surface area contributed by atoms with Gasteiger partial charge in [-0.1, -0.05) is 30.0 Å². The molecular weight excluding hydrogens is 443 g/mol. The van der Waals surface area contributed by atoms with E-state index in [4.69, 9.17) is 0 Å². The van der Waals surface area contributed by atoms with Gasteiger partial charge in [-0.2, -0.15) is 13.2 Å². The van der Waals surface area contributed by atoms with Gasteiger partial charge in [0.05, 0.1) is 11.3 Å². The number of anilines is 2.